The Hall–Kier alpha value is -1.67. The van der Waals surface area contributed by atoms with Crippen LogP contribution in [0, 0.1) is 26.6 Å². The number of rotatable bonds is 5. The van der Waals surface area contributed by atoms with Crippen LogP contribution in [0.3, 0.4) is 0 Å². The summed E-state index contributed by atoms with van der Waals surface area (Å²) >= 11 is 0. The average molecular weight is 285 g/mol. The summed E-state index contributed by atoms with van der Waals surface area (Å²) in [6.07, 6.45) is 0.839. The fourth-order valence-corrected chi connectivity index (χ4v) is 2.68. The van der Waals surface area contributed by atoms with Gasteiger partial charge in [0.25, 0.3) is 0 Å². The first-order valence-electron chi connectivity index (χ1n) is 7.53. The highest BCUT2D eigenvalue weighted by Gasteiger charge is 2.09. The van der Waals surface area contributed by atoms with E-state index in [0.29, 0.717) is 6.04 Å². The van der Waals surface area contributed by atoms with E-state index in [1.807, 2.05) is 6.07 Å². The van der Waals surface area contributed by atoms with Crippen LogP contribution < -0.4 is 5.32 Å². The minimum absolute atomic E-state index is 0.162. The summed E-state index contributed by atoms with van der Waals surface area (Å²) in [6.45, 7) is 9.48. The lowest BCUT2D eigenvalue weighted by Gasteiger charge is -2.18. The van der Waals surface area contributed by atoms with Gasteiger partial charge in [0.1, 0.15) is 5.82 Å². The maximum atomic E-state index is 13.1. The van der Waals surface area contributed by atoms with Crippen LogP contribution in [0.4, 0.5) is 4.39 Å². The minimum Gasteiger partial charge on any atom is -0.310 e. The molecule has 0 amide bonds. The third-order valence-corrected chi connectivity index (χ3v) is 4.10. The summed E-state index contributed by atoms with van der Waals surface area (Å²) in [5.74, 6) is -0.162. The minimum atomic E-state index is -0.162. The SMILES string of the molecule is Cc1cc(C)c(C(C)NCCc2cccc(F)c2)cc1C. The normalized spacial score (nSPS) is 12.4. The summed E-state index contributed by atoms with van der Waals surface area (Å²) in [5, 5.41) is 3.53. The first kappa shape index (κ1) is 15.7. The lowest BCUT2D eigenvalue weighted by molar-refractivity contribution is 0.572. The van der Waals surface area contributed by atoms with E-state index < -0.39 is 0 Å². The predicted octanol–water partition coefficient (Wildman–Crippen LogP) is 4.64. The number of hydrogen-bond donors (Lipinski definition) is 1. The van der Waals surface area contributed by atoms with Gasteiger partial charge in [0.15, 0.2) is 0 Å². The molecule has 0 saturated carbocycles. The van der Waals surface area contributed by atoms with Crippen molar-refractivity contribution in [1.29, 1.82) is 0 Å². The van der Waals surface area contributed by atoms with Gasteiger partial charge in [-0.05, 0) is 80.6 Å². The van der Waals surface area contributed by atoms with Crippen LogP contribution >= 0.6 is 0 Å². The summed E-state index contributed by atoms with van der Waals surface area (Å²) in [7, 11) is 0. The van der Waals surface area contributed by atoms with Gasteiger partial charge >= 0.3 is 0 Å². The highest BCUT2D eigenvalue weighted by Crippen LogP contribution is 2.21. The zero-order valence-electron chi connectivity index (χ0n) is 13.3. The second-order valence-electron chi connectivity index (χ2n) is 5.85. The molecule has 2 aromatic rings. The Labute approximate surface area is 127 Å². The van der Waals surface area contributed by atoms with E-state index in [1.165, 1.54) is 28.3 Å². The van der Waals surface area contributed by atoms with Crippen molar-refractivity contribution >= 4 is 0 Å². The monoisotopic (exact) mass is 285 g/mol. The van der Waals surface area contributed by atoms with Crippen LogP contribution in [0.25, 0.3) is 0 Å². The van der Waals surface area contributed by atoms with Gasteiger partial charge in [-0.25, -0.2) is 4.39 Å². The van der Waals surface area contributed by atoms with Crippen molar-refractivity contribution in [3.63, 3.8) is 0 Å². The molecule has 21 heavy (non-hydrogen) atoms. The molecule has 112 valence electrons. The molecule has 0 radical (unpaired) electrons. The molecule has 1 N–H and O–H groups in total. The van der Waals surface area contributed by atoms with Gasteiger partial charge in [-0.1, -0.05) is 24.3 Å². The van der Waals surface area contributed by atoms with E-state index >= 15 is 0 Å². The maximum absolute atomic E-state index is 13.1. The van der Waals surface area contributed by atoms with Gasteiger partial charge in [-0.15, -0.1) is 0 Å². The van der Waals surface area contributed by atoms with Crippen LogP contribution in [0.2, 0.25) is 0 Å². The molecule has 0 saturated heterocycles. The summed E-state index contributed by atoms with van der Waals surface area (Å²) in [6, 6.07) is 11.6. The third kappa shape index (κ3) is 4.15. The Balaban J connectivity index is 1.96. The van der Waals surface area contributed by atoms with Crippen LogP contribution in [-0.2, 0) is 6.42 Å². The van der Waals surface area contributed by atoms with Crippen molar-refractivity contribution in [3.8, 4) is 0 Å². The van der Waals surface area contributed by atoms with Crippen molar-refractivity contribution < 1.29 is 4.39 Å². The Morgan fingerprint density at radius 1 is 1.00 bits per heavy atom. The van der Waals surface area contributed by atoms with Crippen molar-refractivity contribution in [3.05, 3.63) is 70.0 Å². The lowest BCUT2D eigenvalue weighted by atomic mass is 9.96. The van der Waals surface area contributed by atoms with E-state index in [-0.39, 0.29) is 5.82 Å². The summed E-state index contributed by atoms with van der Waals surface area (Å²) in [4.78, 5) is 0. The zero-order valence-corrected chi connectivity index (χ0v) is 13.3. The number of benzene rings is 2. The Morgan fingerprint density at radius 3 is 2.43 bits per heavy atom. The first-order valence-corrected chi connectivity index (χ1v) is 7.53. The zero-order chi connectivity index (χ0) is 15.4. The van der Waals surface area contributed by atoms with Crippen molar-refractivity contribution in [1.82, 2.24) is 5.32 Å². The molecule has 2 rings (SSSR count). The van der Waals surface area contributed by atoms with Crippen LogP contribution in [-0.4, -0.2) is 6.54 Å². The molecule has 2 aromatic carbocycles. The van der Waals surface area contributed by atoms with Gasteiger partial charge < -0.3 is 5.32 Å². The van der Waals surface area contributed by atoms with Crippen molar-refractivity contribution in [2.24, 2.45) is 0 Å². The molecular weight excluding hydrogens is 261 g/mol. The lowest BCUT2D eigenvalue weighted by Crippen LogP contribution is -2.22. The van der Waals surface area contributed by atoms with E-state index in [2.05, 4.69) is 45.1 Å². The second kappa shape index (κ2) is 6.86. The Morgan fingerprint density at radius 2 is 1.71 bits per heavy atom. The fourth-order valence-electron chi connectivity index (χ4n) is 2.68. The van der Waals surface area contributed by atoms with E-state index in [0.717, 1.165) is 18.5 Å². The molecule has 0 heterocycles. The molecule has 2 heteroatoms. The average Bonchev–Trinajstić information content (AvgIpc) is 2.43. The first-order chi connectivity index (χ1) is 9.97. The number of halogens is 1. The van der Waals surface area contributed by atoms with E-state index in [9.17, 15) is 4.39 Å². The molecule has 1 unspecified atom stereocenters. The smallest absolute Gasteiger partial charge is 0.123 e. The summed E-state index contributed by atoms with van der Waals surface area (Å²) < 4.78 is 13.1. The number of aryl methyl sites for hydroxylation is 3. The van der Waals surface area contributed by atoms with Crippen LogP contribution in [0.5, 0.6) is 0 Å². The highest BCUT2D eigenvalue weighted by atomic mass is 19.1. The summed E-state index contributed by atoms with van der Waals surface area (Å²) in [5.41, 5.74) is 6.37. The van der Waals surface area contributed by atoms with E-state index in [4.69, 9.17) is 0 Å². The van der Waals surface area contributed by atoms with Gasteiger partial charge in [-0.2, -0.15) is 0 Å². The third-order valence-electron chi connectivity index (χ3n) is 4.10. The molecule has 0 aliphatic heterocycles. The molecule has 0 fully saturated rings. The van der Waals surface area contributed by atoms with E-state index in [1.54, 1.807) is 12.1 Å². The fraction of sp³-hybridized carbons (Fsp3) is 0.368. The maximum Gasteiger partial charge on any atom is 0.123 e. The Bertz CT molecular complexity index is 619. The van der Waals surface area contributed by atoms with Gasteiger partial charge in [0.2, 0.25) is 0 Å². The topological polar surface area (TPSA) is 12.0 Å². The number of nitrogens with one attached hydrogen (secondary N) is 1. The molecule has 0 spiro atoms. The predicted molar refractivity (Wildman–Crippen MR) is 87.2 cm³/mol. The molecule has 0 aromatic heterocycles. The van der Waals surface area contributed by atoms with Crippen LogP contribution in [0.1, 0.15) is 40.8 Å². The molecule has 1 nitrogen and oxygen atoms in total. The van der Waals surface area contributed by atoms with Gasteiger partial charge in [0, 0.05) is 6.04 Å². The second-order valence-corrected chi connectivity index (χ2v) is 5.85. The highest BCUT2D eigenvalue weighted by molar-refractivity contribution is 5.38. The Kier molecular flexibility index (Phi) is 5.13. The molecular formula is C19H24FN. The molecule has 0 bridgehead atoms. The number of hydrogen-bond acceptors (Lipinski definition) is 1. The largest absolute Gasteiger partial charge is 0.310 e. The van der Waals surface area contributed by atoms with Crippen molar-refractivity contribution in [2.45, 2.75) is 40.2 Å². The molecule has 0 aliphatic carbocycles. The van der Waals surface area contributed by atoms with Crippen molar-refractivity contribution in [2.75, 3.05) is 6.54 Å². The van der Waals surface area contributed by atoms with Gasteiger partial charge in [-0.3, -0.25) is 0 Å². The molecule has 0 aliphatic rings. The van der Waals surface area contributed by atoms with Gasteiger partial charge in [0.05, 0.1) is 0 Å². The van der Waals surface area contributed by atoms with Crippen LogP contribution in [0.15, 0.2) is 36.4 Å². The standard InChI is InChI=1S/C19H24FN/c1-13-10-15(3)19(11-14(13)2)16(4)21-9-8-17-6-5-7-18(20)12-17/h5-7,10-12,16,21H,8-9H2,1-4H3. The quantitative estimate of drug-likeness (QED) is 0.843. The molecule has 1 atom stereocenters.